The minimum absolute atomic E-state index is 0.0541. The normalized spacial score (nSPS) is 42.0. The Morgan fingerprint density at radius 1 is 0.722 bits per heavy atom. The van der Waals surface area contributed by atoms with E-state index in [1.54, 1.807) is 0 Å². The van der Waals surface area contributed by atoms with E-state index in [1.165, 1.54) is 19.3 Å². The Morgan fingerprint density at radius 3 is 1.92 bits per heavy atom. The fraction of sp³-hybridized carbons (Fsp3) is 0.931. The van der Waals surface area contributed by atoms with Crippen LogP contribution in [0, 0.1) is 41.4 Å². The Morgan fingerprint density at radius 2 is 1.31 bits per heavy atom. The summed E-state index contributed by atoms with van der Waals surface area (Å²) in [5, 5.41) is 18.6. The number of ether oxygens (including phenoxy) is 2. The van der Waals surface area contributed by atoms with Gasteiger partial charge in [0.05, 0.1) is 30.7 Å². The molecule has 2 N–H and O–H groups in total. The van der Waals surface area contributed by atoms with Crippen LogP contribution in [0.1, 0.15) is 104 Å². The molecule has 6 unspecified atom stereocenters. The van der Waals surface area contributed by atoms with E-state index in [0.717, 1.165) is 63.7 Å². The number of carboxylic acids is 1. The first-order valence-electron chi connectivity index (χ1n) is 14.7. The van der Waals surface area contributed by atoms with E-state index in [-0.39, 0.29) is 24.1 Å². The van der Waals surface area contributed by atoms with Gasteiger partial charge in [0, 0.05) is 5.92 Å². The van der Waals surface area contributed by atoms with Gasteiger partial charge in [0.2, 0.25) is 0 Å². The van der Waals surface area contributed by atoms with Crippen LogP contribution in [0.5, 0.6) is 0 Å². The number of hydrogen-bond donors (Lipinski definition) is 2. The smallest absolute Gasteiger partial charge is 0.310 e. The van der Waals surface area contributed by atoms with Gasteiger partial charge >= 0.3 is 11.9 Å². The number of esters is 1. The second kappa shape index (κ2) is 13.1. The zero-order valence-corrected chi connectivity index (χ0v) is 22.3. The van der Waals surface area contributed by atoms with E-state index < -0.39 is 17.8 Å². The lowest BCUT2D eigenvalue weighted by Gasteiger charge is -2.40. The van der Waals surface area contributed by atoms with Gasteiger partial charge < -0.3 is 14.6 Å². The topological polar surface area (TPSA) is 102 Å². The lowest BCUT2D eigenvalue weighted by Crippen LogP contribution is -2.39. The van der Waals surface area contributed by atoms with Crippen molar-refractivity contribution in [2.75, 3.05) is 6.61 Å². The van der Waals surface area contributed by atoms with Crippen LogP contribution in [0.3, 0.4) is 0 Å². The van der Waals surface area contributed by atoms with Crippen LogP contribution in [0.25, 0.3) is 0 Å². The van der Waals surface area contributed by atoms with Gasteiger partial charge in [-0.25, -0.2) is 4.89 Å². The lowest BCUT2D eigenvalue weighted by atomic mass is 9.72. The van der Waals surface area contributed by atoms with Gasteiger partial charge in [0.25, 0.3) is 0 Å². The molecule has 7 nitrogen and oxygen atoms in total. The summed E-state index contributed by atoms with van der Waals surface area (Å²) in [5.41, 5.74) is 0. The number of carbonyl (C=O) groups excluding carboxylic acids is 1. The second-order valence-corrected chi connectivity index (χ2v) is 12.6. The zero-order valence-electron chi connectivity index (χ0n) is 22.3. The predicted molar refractivity (Wildman–Crippen MR) is 135 cm³/mol. The summed E-state index contributed by atoms with van der Waals surface area (Å²) in [4.78, 5) is 29.0. The molecular weight excluding hydrogens is 460 g/mol. The van der Waals surface area contributed by atoms with Gasteiger partial charge in [-0.3, -0.25) is 14.8 Å². The molecule has 0 saturated heterocycles. The summed E-state index contributed by atoms with van der Waals surface area (Å²) in [7, 11) is 0. The highest BCUT2D eigenvalue weighted by atomic mass is 17.1. The molecule has 0 amide bonds. The minimum Gasteiger partial charge on any atom is -0.481 e. The molecule has 0 aliphatic heterocycles. The number of hydrogen-bond acceptors (Lipinski definition) is 6. The van der Waals surface area contributed by atoms with Crippen LogP contribution in [-0.2, 0) is 24.0 Å². The van der Waals surface area contributed by atoms with E-state index >= 15 is 0 Å². The largest absolute Gasteiger partial charge is 0.481 e. The third-order valence-electron chi connectivity index (χ3n) is 9.95. The van der Waals surface area contributed by atoms with Gasteiger partial charge in [-0.1, -0.05) is 13.8 Å². The Bertz CT molecular complexity index is 710. The van der Waals surface area contributed by atoms with Crippen LogP contribution in [0.2, 0.25) is 0 Å². The Labute approximate surface area is 216 Å². The van der Waals surface area contributed by atoms with Gasteiger partial charge in [-0.2, -0.15) is 0 Å². The van der Waals surface area contributed by atoms with Crippen molar-refractivity contribution in [3.05, 3.63) is 0 Å². The number of carboxylic acid groups (broad SMARTS) is 1. The van der Waals surface area contributed by atoms with E-state index in [0.29, 0.717) is 43.3 Å². The zero-order chi connectivity index (χ0) is 25.7. The van der Waals surface area contributed by atoms with Gasteiger partial charge in [-0.05, 0) is 114 Å². The highest BCUT2D eigenvalue weighted by Gasteiger charge is 2.41. The summed E-state index contributed by atoms with van der Waals surface area (Å²) in [6.45, 7) is 4.71. The fourth-order valence-corrected chi connectivity index (χ4v) is 7.73. The third-order valence-corrected chi connectivity index (χ3v) is 9.95. The van der Waals surface area contributed by atoms with Crippen molar-refractivity contribution in [1.82, 2.24) is 0 Å². The van der Waals surface area contributed by atoms with Crippen LogP contribution in [0.15, 0.2) is 0 Å². The predicted octanol–water partition coefficient (Wildman–Crippen LogP) is 6.10. The maximum absolute atomic E-state index is 12.8. The molecule has 36 heavy (non-hydrogen) atoms. The summed E-state index contributed by atoms with van der Waals surface area (Å²) in [5.74, 6) is 0.501. The minimum atomic E-state index is -0.859. The van der Waals surface area contributed by atoms with E-state index in [1.807, 2.05) is 0 Å². The molecular formula is C29H48O7. The van der Waals surface area contributed by atoms with Gasteiger partial charge in [0.1, 0.15) is 6.10 Å². The number of carbonyl (C=O) groups is 2. The summed E-state index contributed by atoms with van der Waals surface area (Å²) in [6, 6.07) is 0. The molecule has 4 aliphatic carbocycles. The molecule has 4 saturated carbocycles. The number of rotatable bonds is 8. The molecule has 0 radical (unpaired) electrons. The summed E-state index contributed by atoms with van der Waals surface area (Å²) in [6.07, 6.45) is 14.5. The fourth-order valence-electron chi connectivity index (χ4n) is 7.73. The molecule has 0 aromatic rings. The highest BCUT2D eigenvalue weighted by Crippen LogP contribution is 2.42. The first kappa shape index (κ1) is 27.8. The van der Waals surface area contributed by atoms with Gasteiger partial charge in [0.15, 0.2) is 0 Å². The molecule has 206 valence electrons. The molecule has 7 heteroatoms. The molecule has 6 atom stereocenters. The van der Waals surface area contributed by atoms with Crippen LogP contribution >= 0.6 is 0 Å². The lowest BCUT2D eigenvalue weighted by molar-refractivity contribution is -0.262. The molecule has 0 aromatic heterocycles. The maximum Gasteiger partial charge on any atom is 0.310 e. The quantitative estimate of drug-likeness (QED) is 0.232. The van der Waals surface area contributed by atoms with E-state index in [4.69, 9.17) is 14.7 Å². The standard InChI is InChI=1S/C29H48O7/c1-18-4-14-27(22(15-18)17-34-33)35-23-9-5-20(6-10-23)21-7-11-24(12-8-21)36-29(32)25-13-3-19(2)16-26(25)28(30)31/h18-27,33H,3-17H2,1-2H3,(H,30,31). The second-order valence-electron chi connectivity index (χ2n) is 12.6. The van der Waals surface area contributed by atoms with Crippen molar-refractivity contribution in [1.29, 1.82) is 0 Å². The Balaban J connectivity index is 1.17. The van der Waals surface area contributed by atoms with Crippen molar-refractivity contribution in [3.63, 3.8) is 0 Å². The van der Waals surface area contributed by atoms with Crippen molar-refractivity contribution in [2.45, 2.75) is 122 Å². The first-order valence-corrected chi connectivity index (χ1v) is 14.7. The monoisotopic (exact) mass is 508 g/mol. The van der Waals surface area contributed by atoms with Crippen LogP contribution in [-0.4, -0.2) is 47.2 Å². The average Bonchev–Trinajstić information content (AvgIpc) is 2.86. The third kappa shape index (κ3) is 7.22. The summed E-state index contributed by atoms with van der Waals surface area (Å²) >= 11 is 0. The maximum atomic E-state index is 12.8. The van der Waals surface area contributed by atoms with Crippen molar-refractivity contribution in [2.24, 2.45) is 41.4 Å². The Kier molecular flexibility index (Phi) is 10.1. The Hall–Kier alpha value is -1.18. The average molecular weight is 509 g/mol. The van der Waals surface area contributed by atoms with Crippen LogP contribution in [0.4, 0.5) is 0 Å². The molecule has 0 heterocycles. The first-order chi connectivity index (χ1) is 17.3. The van der Waals surface area contributed by atoms with E-state index in [2.05, 4.69) is 18.7 Å². The molecule has 0 aromatic carbocycles. The molecule has 4 rings (SSSR count). The van der Waals surface area contributed by atoms with E-state index in [9.17, 15) is 14.7 Å². The highest BCUT2D eigenvalue weighted by molar-refractivity contribution is 5.81. The van der Waals surface area contributed by atoms with Crippen LogP contribution < -0.4 is 0 Å². The molecule has 0 bridgehead atoms. The molecule has 4 aliphatic rings. The van der Waals surface area contributed by atoms with Crippen molar-refractivity contribution < 1.29 is 34.3 Å². The SMILES string of the molecule is CC1CCC(OC2CCC(C3CCC(OC(=O)C4CCC(C)CC4C(=O)O)CC3)CC2)C(COO)C1. The summed E-state index contributed by atoms with van der Waals surface area (Å²) < 4.78 is 12.4. The molecule has 0 spiro atoms. The number of aliphatic carboxylic acids is 1. The van der Waals surface area contributed by atoms with Gasteiger partial charge in [-0.15, -0.1) is 0 Å². The van der Waals surface area contributed by atoms with Crippen molar-refractivity contribution in [3.8, 4) is 0 Å². The molecule has 4 fully saturated rings. The van der Waals surface area contributed by atoms with Crippen molar-refractivity contribution >= 4 is 11.9 Å².